The summed E-state index contributed by atoms with van der Waals surface area (Å²) in [7, 11) is 0. The molecule has 2 N–H and O–H groups in total. The van der Waals surface area contributed by atoms with Crippen molar-refractivity contribution in [3.8, 4) is 0 Å². The molecule has 11 heavy (non-hydrogen) atoms. The van der Waals surface area contributed by atoms with E-state index in [0.717, 1.165) is 10.9 Å². The monoisotopic (exact) mass is 231 g/mol. The van der Waals surface area contributed by atoms with E-state index in [4.69, 9.17) is 5.73 Å². The summed E-state index contributed by atoms with van der Waals surface area (Å²) in [6.07, 6.45) is 2.67. The Labute approximate surface area is 79.0 Å². The topological polar surface area (TPSA) is 26.0 Å². The van der Waals surface area contributed by atoms with Crippen molar-refractivity contribution in [3.63, 3.8) is 0 Å². The Morgan fingerprint density at radius 2 is 2.45 bits per heavy atom. The molecule has 1 heterocycles. The molecule has 0 fully saturated rings. The Balaban J connectivity index is 2.74. The maximum Gasteiger partial charge on any atom is 0.0349 e. The first-order chi connectivity index (χ1) is 5.25. The Kier molecular flexibility index (Phi) is 3.30. The highest BCUT2D eigenvalue weighted by Gasteiger charge is 2.07. The number of nitrogens with two attached hydrogens (primary N) is 1. The van der Waals surface area contributed by atoms with Crippen LogP contribution in [0.2, 0.25) is 0 Å². The first-order valence-corrected chi connectivity index (χ1v) is 5.07. The lowest BCUT2D eigenvalue weighted by Gasteiger charge is -2.06. The van der Waals surface area contributed by atoms with E-state index in [0.29, 0.717) is 0 Å². The minimum Gasteiger partial charge on any atom is -0.324 e. The number of hydrogen-bond donors (Lipinski definition) is 1. The second-order valence-corrected chi connectivity index (χ2v) is 3.90. The van der Waals surface area contributed by atoms with Gasteiger partial charge >= 0.3 is 0 Å². The number of thiophene rings is 1. The Hall–Kier alpha value is -0.120. The lowest BCUT2D eigenvalue weighted by atomic mass is 10.1. The molecule has 1 atom stereocenters. The van der Waals surface area contributed by atoms with Gasteiger partial charge in [0.05, 0.1) is 0 Å². The van der Waals surface area contributed by atoms with E-state index in [2.05, 4.69) is 27.9 Å². The van der Waals surface area contributed by atoms with Crippen molar-refractivity contribution in [2.45, 2.75) is 12.5 Å². The van der Waals surface area contributed by atoms with E-state index in [1.165, 1.54) is 5.56 Å². The number of rotatable bonds is 3. The molecule has 0 spiro atoms. The molecule has 3 heteroatoms. The molecule has 0 aliphatic heterocycles. The van der Waals surface area contributed by atoms with E-state index >= 15 is 0 Å². The van der Waals surface area contributed by atoms with Crippen molar-refractivity contribution < 1.29 is 0 Å². The smallest absolute Gasteiger partial charge is 0.0349 e. The molecule has 0 saturated carbocycles. The molecule has 60 valence electrons. The Morgan fingerprint density at radius 1 is 1.73 bits per heavy atom. The predicted molar refractivity (Wildman–Crippen MR) is 53.8 cm³/mol. The van der Waals surface area contributed by atoms with Gasteiger partial charge in [-0.15, -0.1) is 6.58 Å². The minimum absolute atomic E-state index is 0.0909. The maximum absolute atomic E-state index is 5.86. The predicted octanol–water partition coefficient (Wildman–Crippen LogP) is 3.09. The lowest BCUT2D eigenvalue weighted by molar-refractivity contribution is 0.742. The summed E-state index contributed by atoms with van der Waals surface area (Å²) in [6.45, 7) is 3.65. The summed E-state index contributed by atoms with van der Waals surface area (Å²) >= 11 is 5.09. The first-order valence-electron chi connectivity index (χ1n) is 3.33. The van der Waals surface area contributed by atoms with Gasteiger partial charge in [0.2, 0.25) is 0 Å². The van der Waals surface area contributed by atoms with E-state index in [9.17, 15) is 0 Å². The summed E-state index contributed by atoms with van der Waals surface area (Å²) in [5.41, 5.74) is 7.03. The standard InChI is InChI=1S/C8H10BrNS/c1-2-3-8(10)6-4-11-5-7(6)9/h2,4-5,8H,1,3,10H2/t8-/m0/s1. The molecule has 0 unspecified atom stereocenters. The molecular weight excluding hydrogens is 222 g/mol. The van der Waals surface area contributed by atoms with Gasteiger partial charge in [-0.3, -0.25) is 0 Å². The van der Waals surface area contributed by atoms with Crippen LogP contribution in [-0.2, 0) is 0 Å². The van der Waals surface area contributed by atoms with Crippen LogP contribution in [0.1, 0.15) is 18.0 Å². The fourth-order valence-corrected chi connectivity index (χ4v) is 2.52. The van der Waals surface area contributed by atoms with Gasteiger partial charge in [0, 0.05) is 15.9 Å². The van der Waals surface area contributed by atoms with Gasteiger partial charge in [0.15, 0.2) is 0 Å². The van der Waals surface area contributed by atoms with Crippen molar-refractivity contribution in [1.82, 2.24) is 0 Å². The summed E-state index contributed by atoms with van der Waals surface area (Å²) in [5.74, 6) is 0. The quantitative estimate of drug-likeness (QED) is 0.796. The molecule has 1 aromatic rings. The van der Waals surface area contributed by atoms with Crippen LogP contribution >= 0.6 is 27.3 Å². The minimum atomic E-state index is 0.0909. The molecule has 1 aromatic heterocycles. The normalized spacial score (nSPS) is 12.9. The van der Waals surface area contributed by atoms with Crippen LogP contribution in [0.15, 0.2) is 27.9 Å². The van der Waals surface area contributed by atoms with Crippen LogP contribution < -0.4 is 5.73 Å². The van der Waals surface area contributed by atoms with E-state index in [1.54, 1.807) is 11.3 Å². The third-order valence-corrected chi connectivity index (χ3v) is 3.21. The molecular formula is C8H10BrNS. The molecule has 1 nitrogen and oxygen atoms in total. The van der Waals surface area contributed by atoms with Crippen LogP contribution in [0, 0.1) is 0 Å². The van der Waals surface area contributed by atoms with Gasteiger partial charge in [-0.2, -0.15) is 11.3 Å². The average Bonchev–Trinajstić information content (AvgIpc) is 2.36. The molecule has 0 aromatic carbocycles. The van der Waals surface area contributed by atoms with Crippen LogP contribution in [-0.4, -0.2) is 0 Å². The molecule has 0 aliphatic carbocycles. The van der Waals surface area contributed by atoms with Crippen molar-refractivity contribution >= 4 is 27.3 Å². The van der Waals surface area contributed by atoms with Gasteiger partial charge in [0.25, 0.3) is 0 Å². The highest BCUT2D eigenvalue weighted by Crippen LogP contribution is 2.27. The maximum atomic E-state index is 5.86. The summed E-state index contributed by atoms with van der Waals surface area (Å²) < 4.78 is 1.11. The molecule has 0 radical (unpaired) electrons. The van der Waals surface area contributed by atoms with E-state index in [-0.39, 0.29) is 6.04 Å². The number of halogens is 1. The fourth-order valence-electron chi connectivity index (χ4n) is 0.862. The average molecular weight is 232 g/mol. The Morgan fingerprint density at radius 3 is 2.91 bits per heavy atom. The fraction of sp³-hybridized carbons (Fsp3) is 0.250. The van der Waals surface area contributed by atoms with Crippen molar-refractivity contribution in [2.75, 3.05) is 0 Å². The Bertz CT molecular complexity index is 244. The number of hydrogen-bond acceptors (Lipinski definition) is 2. The summed E-state index contributed by atoms with van der Waals surface area (Å²) in [5, 5.41) is 4.11. The third kappa shape index (κ3) is 2.15. The van der Waals surface area contributed by atoms with Gasteiger partial charge < -0.3 is 5.73 Å². The van der Waals surface area contributed by atoms with Crippen molar-refractivity contribution in [2.24, 2.45) is 5.73 Å². The van der Waals surface area contributed by atoms with Gasteiger partial charge in [-0.05, 0) is 33.3 Å². The summed E-state index contributed by atoms with van der Waals surface area (Å²) in [6, 6.07) is 0.0909. The van der Waals surface area contributed by atoms with Crippen LogP contribution in [0.25, 0.3) is 0 Å². The van der Waals surface area contributed by atoms with E-state index < -0.39 is 0 Å². The second kappa shape index (κ2) is 4.04. The molecule has 0 bridgehead atoms. The zero-order chi connectivity index (χ0) is 8.27. The molecule has 0 amide bonds. The highest BCUT2D eigenvalue weighted by molar-refractivity contribution is 9.10. The molecule has 0 aliphatic rings. The van der Waals surface area contributed by atoms with Crippen molar-refractivity contribution in [3.05, 3.63) is 33.5 Å². The third-order valence-electron chi connectivity index (χ3n) is 1.46. The van der Waals surface area contributed by atoms with Crippen LogP contribution in [0.3, 0.4) is 0 Å². The second-order valence-electron chi connectivity index (χ2n) is 2.31. The zero-order valence-electron chi connectivity index (χ0n) is 6.09. The largest absolute Gasteiger partial charge is 0.324 e. The first kappa shape index (κ1) is 8.97. The van der Waals surface area contributed by atoms with Gasteiger partial charge in [-0.25, -0.2) is 0 Å². The van der Waals surface area contributed by atoms with Gasteiger partial charge in [0.1, 0.15) is 0 Å². The molecule has 0 saturated heterocycles. The lowest BCUT2D eigenvalue weighted by Crippen LogP contribution is -2.08. The zero-order valence-corrected chi connectivity index (χ0v) is 8.49. The summed E-state index contributed by atoms with van der Waals surface area (Å²) in [4.78, 5) is 0. The van der Waals surface area contributed by atoms with E-state index in [1.807, 2.05) is 11.5 Å². The van der Waals surface area contributed by atoms with Gasteiger partial charge in [-0.1, -0.05) is 6.08 Å². The highest BCUT2D eigenvalue weighted by atomic mass is 79.9. The van der Waals surface area contributed by atoms with Crippen molar-refractivity contribution in [1.29, 1.82) is 0 Å². The van der Waals surface area contributed by atoms with Crippen LogP contribution in [0.4, 0.5) is 0 Å². The SMILES string of the molecule is C=CC[C@H](N)c1cscc1Br. The molecule has 1 rings (SSSR count). The van der Waals surface area contributed by atoms with Crippen LogP contribution in [0.5, 0.6) is 0 Å².